The molecule has 0 aliphatic carbocycles. The van der Waals surface area contributed by atoms with Gasteiger partial charge in [0.1, 0.15) is 0 Å². The van der Waals surface area contributed by atoms with E-state index in [1.807, 2.05) is 42.5 Å². The molecule has 2 aromatic rings. The van der Waals surface area contributed by atoms with Crippen LogP contribution in [-0.2, 0) is 10.8 Å². The highest BCUT2D eigenvalue weighted by atomic mass is 16.3. The summed E-state index contributed by atoms with van der Waals surface area (Å²) in [5.74, 6) is 1.49. The third-order valence-electron chi connectivity index (χ3n) is 3.57. The second-order valence-corrected chi connectivity index (χ2v) is 7.89. The molecule has 0 fully saturated rings. The van der Waals surface area contributed by atoms with Crippen molar-refractivity contribution in [2.45, 2.75) is 52.4 Å². The predicted molar refractivity (Wildman–Crippen MR) is 94.9 cm³/mol. The SMILES string of the molecule is CC(C)(C)c1cc(C(=O)Nc2ccccc2)cc(C(C)(C)C)[o+]1. The van der Waals surface area contributed by atoms with E-state index in [0.717, 1.165) is 17.2 Å². The highest BCUT2D eigenvalue weighted by molar-refractivity contribution is 6.04. The number of hydrogen-bond acceptors (Lipinski definition) is 1. The third-order valence-corrected chi connectivity index (χ3v) is 3.57. The molecule has 23 heavy (non-hydrogen) atoms. The maximum absolute atomic E-state index is 12.6. The first-order chi connectivity index (χ1) is 10.6. The van der Waals surface area contributed by atoms with Crippen LogP contribution in [0.2, 0.25) is 0 Å². The fourth-order valence-electron chi connectivity index (χ4n) is 2.10. The van der Waals surface area contributed by atoms with Gasteiger partial charge in [-0.2, -0.15) is 0 Å². The Balaban J connectivity index is 2.43. The fourth-order valence-corrected chi connectivity index (χ4v) is 2.10. The highest BCUT2D eigenvalue weighted by Crippen LogP contribution is 2.30. The molecule has 0 aliphatic heterocycles. The van der Waals surface area contributed by atoms with Gasteiger partial charge in [-0.15, -0.1) is 0 Å². The third kappa shape index (κ3) is 4.41. The minimum Gasteiger partial charge on any atom is -0.322 e. The lowest BCUT2D eigenvalue weighted by atomic mass is 9.88. The summed E-state index contributed by atoms with van der Waals surface area (Å²) in [6, 6.07) is 13.2. The second kappa shape index (κ2) is 6.15. The number of benzene rings is 1. The first kappa shape index (κ1) is 17.2. The van der Waals surface area contributed by atoms with Crippen LogP contribution in [0, 0.1) is 0 Å². The topological polar surface area (TPSA) is 40.4 Å². The van der Waals surface area contributed by atoms with Crippen molar-refractivity contribution >= 4 is 11.6 Å². The van der Waals surface area contributed by atoms with Crippen molar-refractivity contribution in [2.24, 2.45) is 0 Å². The average molecular weight is 312 g/mol. The zero-order valence-electron chi connectivity index (χ0n) is 14.9. The first-order valence-electron chi connectivity index (χ1n) is 7.93. The van der Waals surface area contributed by atoms with Crippen LogP contribution in [-0.4, -0.2) is 5.91 Å². The monoisotopic (exact) mass is 312 g/mol. The molecule has 3 nitrogen and oxygen atoms in total. The van der Waals surface area contributed by atoms with Crippen LogP contribution in [0.4, 0.5) is 5.69 Å². The summed E-state index contributed by atoms with van der Waals surface area (Å²) in [6.07, 6.45) is 0. The fraction of sp³-hybridized carbons (Fsp3) is 0.400. The van der Waals surface area contributed by atoms with Crippen LogP contribution < -0.4 is 5.32 Å². The minimum atomic E-state index is -0.164. The van der Waals surface area contributed by atoms with Crippen LogP contribution in [0.15, 0.2) is 46.9 Å². The molecule has 1 N–H and O–H groups in total. The molecule has 0 saturated carbocycles. The van der Waals surface area contributed by atoms with Crippen molar-refractivity contribution < 1.29 is 9.21 Å². The van der Waals surface area contributed by atoms with Crippen LogP contribution in [0.5, 0.6) is 0 Å². The molecule has 0 atom stereocenters. The molecule has 2 rings (SSSR count). The van der Waals surface area contributed by atoms with Crippen molar-refractivity contribution in [3.05, 3.63) is 59.5 Å². The summed E-state index contributed by atoms with van der Waals surface area (Å²) in [4.78, 5) is 12.6. The quantitative estimate of drug-likeness (QED) is 0.753. The van der Waals surface area contributed by atoms with E-state index < -0.39 is 0 Å². The lowest BCUT2D eigenvalue weighted by molar-refractivity contribution is 0.102. The lowest BCUT2D eigenvalue weighted by Gasteiger charge is -2.15. The van der Waals surface area contributed by atoms with Crippen LogP contribution in [0.1, 0.15) is 63.4 Å². The van der Waals surface area contributed by atoms with Gasteiger partial charge < -0.3 is 5.32 Å². The zero-order chi connectivity index (χ0) is 17.3. The van der Waals surface area contributed by atoms with Gasteiger partial charge in [0, 0.05) is 5.69 Å². The van der Waals surface area contributed by atoms with E-state index in [9.17, 15) is 4.79 Å². The van der Waals surface area contributed by atoms with Gasteiger partial charge in [-0.1, -0.05) is 18.2 Å². The molecule has 1 aromatic carbocycles. The van der Waals surface area contributed by atoms with Crippen molar-refractivity contribution in [3.63, 3.8) is 0 Å². The van der Waals surface area contributed by atoms with Gasteiger partial charge in [0.25, 0.3) is 5.91 Å². The molecule has 0 bridgehead atoms. The van der Waals surface area contributed by atoms with Crippen molar-refractivity contribution in [1.82, 2.24) is 0 Å². The van der Waals surface area contributed by atoms with E-state index in [2.05, 4.69) is 46.9 Å². The van der Waals surface area contributed by atoms with E-state index in [0.29, 0.717) is 5.56 Å². The molecule has 1 aromatic heterocycles. The Morgan fingerprint density at radius 2 is 1.35 bits per heavy atom. The standard InChI is InChI=1S/C20H25NO2/c1-19(2,3)16-12-14(13-17(23-16)20(4,5)6)18(22)21-15-10-8-7-9-11-15/h7-13H,1-6H3/p+1. The van der Waals surface area contributed by atoms with Gasteiger partial charge >= 0.3 is 11.5 Å². The predicted octanol–water partition coefficient (Wildman–Crippen LogP) is 5.41. The molecule has 0 aliphatic rings. The van der Waals surface area contributed by atoms with Gasteiger partial charge in [0.15, 0.2) is 0 Å². The Bertz CT molecular complexity index is 660. The van der Waals surface area contributed by atoms with Gasteiger partial charge in [0.05, 0.1) is 28.5 Å². The van der Waals surface area contributed by atoms with Crippen molar-refractivity contribution in [1.29, 1.82) is 0 Å². The number of carbonyl (C=O) groups is 1. The lowest BCUT2D eigenvalue weighted by Crippen LogP contribution is -2.20. The van der Waals surface area contributed by atoms with E-state index in [-0.39, 0.29) is 16.7 Å². The first-order valence-corrected chi connectivity index (χ1v) is 7.93. The van der Waals surface area contributed by atoms with Crippen LogP contribution >= 0.6 is 0 Å². The molecule has 1 heterocycles. The van der Waals surface area contributed by atoms with E-state index in [1.54, 1.807) is 0 Å². The second-order valence-electron chi connectivity index (χ2n) is 7.89. The molecular formula is C20H26NO2+. The summed E-state index contributed by atoms with van der Waals surface area (Å²) < 4.78 is 6.07. The Hall–Kier alpha value is -2.16. The highest BCUT2D eigenvalue weighted by Gasteiger charge is 2.34. The zero-order valence-corrected chi connectivity index (χ0v) is 14.9. The van der Waals surface area contributed by atoms with Crippen LogP contribution in [0.25, 0.3) is 0 Å². The Labute approximate surface area is 138 Å². The number of amides is 1. The normalized spacial score (nSPS) is 12.1. The number of nitrogens with one attached hydrogen (secondary N) is 1. The van der Waals surface area contributed by atoms with Crippen LogP contribution in [0.3, 0.4) is 0 Å². The molecule has 3 heteroatoms. The summed E-state index contributed by atoms with van der Waals surface area (Å²) >= 11 is 0. The smallest absolute Gasteiger partial charge is 0.322 e. The maximum Gasteiger partial charge on any atom is 0.335 e. The van der Waals surface area contributed by atoms with E-state index in [4.69, 9.17) is 4.42 Å². The molecule has 122 valence electrons. The summed E-state index contributed by atoms with van der Waals surface area (Å²) in [5, 5.41) is 2.93. The van der Waals surface area contributed by atoms with E-state index >= 15 is 0 Å². The van der Waals surface area contributed by atoms with E-state index in [1.165, 1.54) is 0 Å². The summed E-state index contributed by atoms with van der Waals surface area (Å²) in [7, 11) is 0. The van der Waals surface area contributed by atoms with Crippen molar-refractivity contribution in [3.8, 4) is 0 Å². The summed E-state index contributed by atoms with van der Waals surface area (Å²) in [6.45, 7) is 12.5. The molecule has 0 spiro atoms. The number of hydrogen-bond donors (Lipinski definition) is 1. The number of para-hydroxylation sites is 1. The molecular weight excluding hydrogens is 286 g/mol. The number of carbonyl (C=O) groups excluding carboxylic acids is 1. The van der Waals surface area contributed by atoms with Gasteiger partial charge in [-0.3, -0.25) is 4.79 Å². The summed E-state index contributed by atoms with van der Waals surface area (Å²) in [5.41, 5.74) is 1.08. The molecule has 0 saturated heterocycles. The van der Waals surface area contributed by atoms with Gasteiger partial charge in [0.2, 0.25) is 0 Å². The Kier molecular flexibility index (Phi) is 4.60. The number of rotatable bonds is 2. The molecule has 0 radical (unpaired) electrons. The average Bonchev–Trinajstić information content (AvgIpc) is 2.46. The molecule has 1 amide bonds. The molecule has 0 unspecified atom stereocenters. The Morgan fingerprint density at radius 3 is 1.78 bits per heavy atom. The van der Waals surface area contributed by atoms with Gasteiger partial charge in [-0.25, -0.2) is 4.42 Å². The maximum atomic E-state index is 12.6. The Morgan fingerprint density at radius 1 is 0.870 bits per heavy atom. The number of anilines is 1. The van der Waals surface area contributed by atoms with Gasteiger partial charge in [-0.05, 0) is 53.7 Å². The minimum absolute atomic E-state index is 0.122. The van der Waals surface area contributed by atoms with Crippen molar-refractivity contribution in [2.75, 3.05) is 5.32 Å². The largest absolute Gasteiger partial charge is 0.335 e.